The van der Waals surface area contributed by atoms with Crippen molar-refractivity contribution in [3.63, 3.8) is 0 Å². The molecule has 0 unspecified atom stereocenters. The zero-order chi connectivity index (χ0) is 13.9. The van der Waals surface area contributed by atoms with Gasteiger partial charge in [-0.1, -0.05) is 0 Å². The van der Waals surface area contributed by atoms with Crippen molar-refractivity contribution in [2.75, 3.05) is 6.61 Å². The summed E-state index contributed by atoms with van der Waals surface area (Å²) in [5.74, 6) is -0.366. The number of hydrogen-bond donors (Lipinski definition) is 4. The Bertz CT molecular complexity index is 285. The summed E-state index contributed by atoms with van der Waals surface area (Å²) in [7, 11) is 0. The average molecular weight is 263 g/mol. The molecule has 1 heterocycles. The number of carbonyl (C=O) groups is 1. The maximum atomic E-state index is 11.1. The molecule has 0 bridgehead atoms. The predicted molar refractivity (Wildman–Crippen MR) is 61.6 cm³/mol. The lowest BCUT2D eigenvalue weighted by atomic mass is 9.97. The van der Waals surface area contributed by atoms with E-state index in [2.05, 4.69) is 5.32 Å². The Labute approximate surface area is 106 Å². The monoisotopic (exact) mass is 263 g/mol. The van der Waals surface area contributed by atoms with Crippen LogP contribution in [0.4, 0.5) is 0 Å². The van der Waals surface area contributed by atoms with E-state index in [1.54, 1.807) is 13.8 Å². The molecule has 0 radical (unpaired) electrons. The minimum absolute atomic E-state index is 0.187. The van der Waals surface area contributed by atoms with Crippen LogP contribution in [0.1, 0.15) is 20.8 Å². The van der Waals surface area contributed by atoms with E-state index in [1.807, 2.05) is 0 Å². The molecular weight excluding hydrogens is 242 g/mol. The first-order valence-corrected chi connectivity index (χ1v) is 5.91. The van der Waals surface area contributed by atoms with Crippen LogP contribution in [0.3, 0.4) is 0 Å². The lowest BCUT2D eigenvalue weighted by molar-refractivity contribution is -0.278. The van der Waals surface area contributed by atoms with Crippen LogP contribution >= 0.6 is 0 Å². The number of rotatable bonds is 4. The lowest BCUT2D eigenvalue weighted by Crippen LogP contribution is -2.64. The zero-order valence-electron chi connectivity index (χ0n) is 10.7. The van der Waals surface area contributed by atoms with Crippen LogP contribution < -0.4 is 5.32 Å². The highest BCUT2D eigenvalue weighted by Crippen LogP contribution is 2.22. The van der Waals surface area contributed by atoms with Gasteiger partial charge in [-0.3, -0.25) is 4.79 Å². The standard InChI is InChI=1S/C11H21NO6/c1-5(2)17-11-8(12-6(3)14)10(16)9(15)7(4-13)18-11/h5,7-11,13,15-16H,4H2,1-3H3,(H,12,14)/t7-,8-,9-,10-,11+/m1/s1. The fourth-order valence-electron chi connectivity index (χ4n) is 1.85. The number of ether oxygens (including phenoxy) is 2. The van der Waals surface area contributed by atoms with Gasteiger partial charge in [-0.2, -0.15) is 0 Å². The third kappa shape index (κ3) is 3.63. The summed E-state index contributed by atoms with van der Waals surface area (Å²) in [5.41, 5.74) is 0. The molecule has 0 saturated carbocycles. The highest BCUT2D eigenvalue weighted by atomic mass is 16.7. The summed E-state index contributed by atoms with van der Waals surface area (Å²) in [6.45, 7) is 4.41. The number of aliphatic hydroxyl groups excluding tert-OH is 3. The second kappa shape index (κ2) is 6.44. The van der Waals surface area contributed by atoms with Gasteiger partial charge in [0, 0.05) is 6.92 Å². The van der Waals surface area contributed by atoms with Crippen LogP contribution in [0.2, 0.25) is 0 Å². The van der Waals surface area contributed by atoms with Crippen LogP contribution in [-0.4, -0.2) is 64.6 Å². The van der Waals surface area contributed by atoms with Crippen molar-refractivity contribution in [1.82, 2.24) is 5.32 Å². The zero-order valence-corrected chi connectivity index (χ0v) is 10.7. The molecule has 7 heteroatoms. The Kier molecular flexibility index (Phi) is 5.48. The van der Waals surface area contributed by atoms with Crippen molar-refractivity contribution in [1.29, 1.82) is 0 Å². The molecule has 1 rings (SSSR count). The normalized spacial score (nSPS) is 36.7. The van der Waals surface area contributed by atoms with E-state index >= 15 is 0 Å². The molecule has 0 aromatic heterocycles. The van der Waals surface area contributed by atoms with Gasteiger partial charge in [-0.05, 0) is 13.8 Å². The summed E-state index contributed by atoms with van der Waals surface area (Å²) in [4.78, 5) is 11.1. The lowest BCUT2D eigenvalue weighted by Gasteiger charge is -2.42. The number of hydrogen-bond acceptors (Lipinski definition) is 6. The van der Waals surface area contributed by atoms with Crippen molar-refractivity contribution < 1.29 is 29.6 Å². The Balaban J connectivity index is 2.83. The van der Waals surface area contributed by atoms with Gasteiger partial charge in [-0.25, -0.2) is 0 Å². The van der Waals surface area contributed by atoms with Gasteiger partial charge >= 0.3 is 0 Å². The number of carbonyl (C=O) groups excluding carboxylic acids is 1. The largest absolute Gasteiger partial charge is 0.394 e. The molecule has 1 aliphatic rings. The van der Waals surface area contributed by atoms with E-state index in [1.165, 1.54) is 6.92 Å². The summed E-state index contributed by atoms with van der Waals surface area (Å²) >= 11 is 0. The molecule has 0 aromatic rings. The van der Waals surface area contributed by atoms with Crippen molar-refractivity contribution in [2.24, 2.45) is 0 Å². The topological polar surface area (TPSA) is 108 Å². The van der Waals surface area contributed by atoms with E-state index < -0.39 is 37.3 Å². The van der Waals surface area contributed by atoms with Gasteiger partial charge in [0.05, 0.1) is 12.7 Å². The molecule has 0 spiro atoms. The SMILES string of the molecule is CC(=O)N[C@H]1[C@@H](OC(C)C)O[C@H](CO)[C@@H](O)[C@@H]1O. The maximum Gasteiger partial charge on any atom is 0.217 e. The molecule has 0 aromatic carbocycles. The summed E-state index contributed by atoms with van der Waals surface area (Å²) in [6.07, 6.45) is -4.58. The first-order chi connectivity index (χ1) is 8.36. The van der Waals surface area contributed by atoms with Crippen molar-refractivity contribution in [3.8, 4) is 0 Å². The summed E-state index contributed by atoms with van der Waals surface area (Å²) in [5, 5.41) is 31.2. The second-order valence-corrected chi connectivity index (χ2v) is 4.62. The van der Waals surface area contributed by atoms with Gasteiger partial charge in [0.1, 0.15) is 24.4 Å². The van der Waals surface area contributed by atoms with Gasteiger partial charge < -0.3 is 30.1 Å². The first kappa shape index (κ1) is 15.3. The van der Waals surface area contributed by atoms with E-state index in [4.69, 9.17) is 14.6 Å². The third-order valence-electron chi connectivity index (χ3n) is 2.66. The minimum Gasteiger partial charge on any atom is -0.394 e. The van der Waals surface area contributed by atoms with Crippen molar-refractivity contribution in [3.05, 3.63) is 0 Å². The quantitative estimate of drug-likeness (QED) is 0.484. The van der Waals surface area contributed by atoms with Crippen LogP contribution in [0.5, 0.6) is 0 Å². The molecule has 1 amide bonds. The van der Waals surface area contributed by atoms with Crippen LogP contribution in [-0.2, 0) is 14.3 Å². The fourth-order valence-corrected chi connectivity index (χ4v) is 1.85. The summed E-state index contributed by atoms with van der Waals surface area (Å²) < 4.78 is 10.8. The van der Waals surface area contributed by atoms with E-state index in [9.17, 15) is 15.0 Å². The Morgan fingerprint density at radius 3 is 2.44 bits per heavy atom. The molecule has 1 saturated heterocycles. The molecule has 5 atom stereocenters. The maximum absolute atomic E-state index is 11.1. The molecule has 4 N–H and O–H groups in total. The van der Waals surface area contributed by atoms with E-state index in [-0.39, 0.29) is 12.0 Å². The smallest absolute Gasteiger partial charge is 0.217 e. The van der Waals surface area contributed by atoms with Gasteiger partial charge in [0.25, 0.3) is 0 Å². The Hall–Kier alpha value is -0.730. The molecule has 7 nitrogen and oxygen atoms in total. The van der Waals surface area contributed by atoms with Crippen LogP contribution in [0.15, 0.2) is 0 Å². The third-order valence-corrected chi connectivity index (χ3v) is 2.66. The predicted octanol–water partition coefficient (Wildman–Crippen LogP) is -1.64. The molecule has 1 aliphatic heterocycles. The molecule has 106 valence electrons. The molecule has 1 fully saturated rings. The van der Waals surface area contributed by atoms with Crippen molar-refractivity contribution in [2.45, 2.75) is 57.5 Å². The fraction of sp³-hybridized carbons (Fsp3) is 0.909. The first-order valence-electron chi connectivity index (χ1n) is 5.91. The van der Waals surface area contributed by atoms with E-state index in [0.29, 0.717) is 0 Å². The van der Waals surface area contributed by atoms with Gasteiger partial charge in [-0.15, -0.1) is 0 Å². The Morgan fingerprint density at radius 2 is 2.00 bits per heavy atom. The van der Waals surface area contributed by atoms with Gasteiger partial charge in [0.2, 0.25) is 5.91 Å². The average Bonchev–Trinajstić information content (AvgIpc) is 2.27. The minimum atomic E-state index is -1.28. The number of aliphatic hydroxyl groups is 3. The number of nitrogens with one attached hydrogen (secondary N) is 1. The Morgan fingerprint density at radius 1 is 1.39 bits per heavy atom. The van der Waals surface area contributed by atoms with Crippen molar-refractivity contribution >= 4 is 5.91 Å². The molecule has 18 heavy (non-hydrogen) atoms. The van der Waals surface area contributed by atoms with E-state index in [0.717, 1.165) is 0 Å². The van der Waals surface area contributed by atoms with Crippen LogP contribution in [0.25, 0.3) is 0 Å². The molecular formula is C11H21NO6. The number of amides is 1. The summed E-state index contributed by atoms with van der Waals surface area (Å²) in [6, 6.07) is -0.873. The highest BCUT2D eigenvalue weighted by molar-refractivity contribution is 5.73. The van der Waals surface area contributed by atoms with Crippen LogP contribution in [0, 0.1) is 0 Å². The molecule has 0 aliphatic carbocycles. The van der Waals surface area contributed by atoms with Gasteiger partial charge in [0.15, 0.2) is 6.29 Å². The highest BCUT2D eigenvalue weighted by Gasteiger charge is 2.45. The second-order valence-electron chi connectivity index (χ2n) is 4.62.